The van der Waals surface area contributed by atoms with Gasteiger partial charge in [0.1, 0.15) is 17.8 Å². The Kier molecular flexibility index (Phi) is 8.34. The molecule has 4 aromatic rings. The number of nitrogens with one attached hydrogen (secondary N) is 1. The average molecular weight is 607 g/mol. The fourth-order valence-corrected chi connectivity index (χ4v) is 6.88. The minimum atomic E-state index is -4.48. The van der Waals surface area contributed by atoms with Crippen molar-refractivity contribution in [2.24, 2.45) is 0 Å². The number of carbonyl (C=O) groups is 1. The van der Waals surface area contributed by atoms with Gasteiger partial charge in [0.25, 0.3) is 0 Å². The molecule has 1 N–H and O–H groups in total. The van der Waals surface area contributed by atoms with Crippen LogP contribution in [0.15, 0.2) is 78.9 Å². The Bertz CT molecular complexity index is 1580. The first-order valence-corrected chi connectivity index (χ1v) is 15.2. The number of fused-ring (bicyclic) bond motifs is 4. The van der Waals surface area contributed by atoms with Crippen LogP contribution in [-0.2, 0) is 10.2 Å². The third kappa shape index (κ3) is 6.08. The van der Waals surface area contributed by atoms with Crippen molar-refractivity contribution in [2.75, 3.05) is 44.2 Å². The zero-order valence-corrected chi connectivity index (χ0v) is 24.6. The molecule has 1 aliphatic carbocycles. The molecule has 3 aromatic carbocycles. The number of halogens is 4. The second-order valence-electron chi connectivity index (χ2n) is 11.4. The summed E-state index contributed by atoms with van der Waals surface area (Å²) in [5.41, 5.74) is 3.17. The van der Waals surface area contributed by atoms with E-state index in [9.17, 15) is 18.0 Å². The molecule has 1 aromatic heterocycles. The van der Waals surface area contributed by atoms with Gasteiger partial charge >= 0.3 is 6.18 Å². The molecule has 1 fully saturated rings. The Hall–Kier alpha value is -3.62. The number of alkyl halides is 3. The molecule has 224 valence electrons. The van der Waals surface area contributed by atoms with Crippen molar-refractivity contribution in [3.63, 3.8) is 0 Å². The summed E-state index contributed by atoms with van der Waals surface area (Å²) in [5, 5.41) is 3.94. The van der Waals surface area contributed by atoms with Crippen LogP contribution in [0, 0.1) is 0 Å². The van der Waals surface area contributed by atoms with Gasteiger partial charge in [-0.1, -0.05) is 66.6 Å². The topological polar surface area (TPSA) is 48.5 Å². The molecule has 1 saturated heterocycles. The highest BCUT2D eigenvalue weighted by Gasteiger charge is 2.49. The molecule has 0 radical (unpaired) electrons. The minimum absolute atomic E-state index is 0.440. The predicted octanol–water partition coefficient (Wildman–Crippen LogP) is 7.22. The number of rotatable bonds is 8. The van der Waals surface area contributed by atoms with Gasteiger partial charge in [0.15, 0.2) is 0 Å². The van der Waals surface area contributed by atoms with E-state index in [2.05, 4.69) is 27.2 Å². The first kappa shape index (κ1) is 29.5. The van der Waals surface area contributed by atoms with Crippen LogP contribution in [0.4, 0.5) is 19.0 Å². The summed E-state index contributed by atoms with van der Waals surface area (Å²) < 4.78 is 39.5. The highest BCUT2D eigenvalue weighted by molar-refractivity contribution is 6.31. The SMILES string of the molecule is O=C(NCC(F)(F)F)C1(CCCCN2CCCN(c3ccc4cc(Cl)ccc4n3)CC2)c2ccccc2-c2ccccc21. The molecule has 9 heteroatoms. The summed E-state index contributed by atoms with van der Waals surface area (Å²) in [5.74, 6) is 0.375. The van der Waals surface area contributed by atoms with Crippen LogP contribution in [-0.4, -0.2) is 61.2 Å². The Morgan fingerprint density at radius 2 is 1.60 bits per heavy atom. The van der Waals surface area contributed by atoms with Crippen molar-refractivity contribution >= 4 is 34.2 Å². The van der Waals surface area contributed by atoms with Crippen LogP contribution in [0.1, 0.15) is 36.8 Å². The molecule has 2 aliphatic rings. The third-order valence-electron chi connectivity index (χ3n) is 8.73. The van der Waals surface area contributed by atoms with Crippen LogP contribution in [0.5, 0.6) is 0 Å². The Balaban J connectivity index is 1.13. The molecule has 6 rings (SSSR count). The highest BCUT2D eigenvalue weighted by Crippen LogP contribution is 2.51. The summed E-state index contributed by atoms with van der Waals surface area (Å²) >= 11 is 6.13. The van der Waals surface area contributed by atoms with Crippen molar-refractivity contribution in [3.8, 4) is 11.1 Å². The van der Waals surface area contributed by atoms with Crippen LogP contribution >= 0.6 is 11.6 Å². The van der Waals surface area contributed by atoms with Gasteiger partial charge in [-0.05, 0) is 84.9 Å². The Morgan fingerprint density at radius 1 is 0.884 bits per heavy atom. The van der Waals surface area contributed by atoms with Crippen LogP contribution in [0.3, 0.4) is 0 Å². The number of anilines is 1. The van der Waals surface area contributed by atoms with E-state index in [-0.39, 0.29) is 0 Å². The molecule has 0 atom stereocenters. The molecule has 2 heterocycles. The summed E-state index contributed by atoms with van der Waals surface area (Å²) in [6, 6.07) is 25.1. The highest BCUT2D eigenvalue weighted by atomic mass is 35.5. The summed E-state index contributed by atoms with van der Waals surface area (Å²) in [7, 11) is 0. The lowest BCUT2D eigenvalue weighted by Gasteiger charge is -2.31. The van der Waals surface area contributed by atoms with Gasteiger partial charge in [-0.25, -0.2) is 4.98 Å². The van der Waals surface area contributed by atoms with Crippen molar-refractivity contribution in [3.05, 3.63) is 95.0 Å². The lowest BCUT2D eigenvalue weighted by atomic mass is 9.73. The maximum absolute atomic E-state index is 13.7. The van der Waals surface area contributed by atoms with Crippen molar-refractivity contribution < 1.29 is 18.0 Å². The van der Waals surface area contributed by atoms with E-state index < -0.39 is 24.0 Å². The lowest BCUT2D eigenvalue weighted by molar-refractivity contribution is -0.141. The van der Waals surface area contributed by atoms with Gasteiger partial charge in [-0.2, -0.15) is 13.2 Å². The number of carbonyl (C=O) groups excluding carboxylic acids is 1. The molecular weight excluding hydrogens is 573 g/mol. The first-order chi connectivity index (χ1) is 20.7. The number of hydrogen-bond donors (Lipinski definition) is 1. The van der Waals surface area contributed by atoms with E-state index in [1.807, 2.05) is 66.7 Å². The van der Waals surface area contributed by atoms with E-state index >= 15 is 0 Å². The fourth-order valence-electron chi connectivity index (χ4n) is 6.70. The number of nitrogens with zero attached hydrogens (tertiary/aromatic N) is 3. The van der Waals surface area contributed by atoms with E-state index in [1.165, 1.54) is 0 Å². The summed E-state index contributed by atoms with van der Waals surface area (Å²) in [6.07, 6.45) is -1.49. The van der Waals surface area contributed by atoms with Crippen LogP contribution in [0.25, 0.3) is 22.0 Å². The molecular formula is C34H34ClF3N4O. The Morgan fingerprint density at radius 3 is 2.33 bits per heavy atom. The molecule has 0 saturated carbocycles. The molecule has 1 aliphatic heterocycles. The van der Waals surface area contributed by atoms with Crippen molar-refractivity contribution in [1.29, 1.82) is 0 Å². The largest absolute Gasteiger partial charge is 0.405 e. The first-order valence-electron chi connectivity index (χ1n) is 14.8. The normalized spacial score (nSPS) is 16.5. The summed E-state index contributed by atoms with van der Waals surface area (Å²) in [6.45, 7) is 3.14. The lowest BCUT2D eigenvalue weighted by Crippen LogP contribution is -2.47. The van der Waals surface area contributed by atoms with Gasteiger partial charge in [0.05, 0.1) is 5.52 Å². The quantitative estimate of drug-likeness (QED) is 0.215. The average Bonchev–Trinajstić information content (AvgIpc) is 3.11. The number of amides is 1. The van der Waals surface area contributed by atoms with Gasteiger partial charge < -0.3 is 15.1 Å². The smallest absolute Gasteiger partial charge is 0.355 e. The number of aromatic nitrogens is 1. The predicted molar refractivity (Wildman–Crippen MR) is 166 cm³/mol. The number of hydrogen-bond acceptors (Lipinski definition) is 4. The molecule has 43 heavy (non-hydrogen) atoms. The van der Waals surface area contributed by atoms with Crippen molar-refractivity contribution in [1.82, 2.24) is 15.2 Å². The zero-order valence-electron chi connectivity index (χ0n) is 23.8. The van der Waals surface area contributed by atoms with Crippen LogP contribution in [0.2, 0.25) is 5.02 Å². The molecule has 1 amide bonds. The van der Waals surface area contributed by atoms with Gasteiger partial charge in [0, 0.05) is 30.0 Å². The Labute approximate surface area is 254 Å². The van der Waals surface area contributed by atoms with E-state index in [4.69, 9.17) is 16.6 Å². The minimum Gasteiger partial charge on any atom is -0.355 e. The summed E-state index contributed by atoms with van der Waals surface area (Å²) in [4.78, 5) is 23.3. The second-order valence-corrected chi connectivity index (χ2v) is 11.9. The zero-order chi connectivity index (χ0) is 30.0. The molecule has 0 bridgehead atoms. The molecule has 5 nitrogen and oxygen atoms in total. The third-order valence-corrected chi connectivity index (χ3v) is 8.96. The monoisotopic (exact) mass is 606 g/mol. The number of benzene rings is 3. The maximum atomic E-state index is 13.7. The van der Waals surface area contributed by atoms with Crippen LogP contribution < -0.4 is 10.2 Å². The van der Waals surface area contributed by atoms with Gasteiger partial charge in [-0.3, -0.25) is 4.79 Å². The standard InChI is InChI=1S/C34H34ClF3N4O/c35-25-13-14-30-24(22-25)12-15-31(40-30)42-19-7-18-41(20-21-42)17-6-5-16-33(32(43)39-23-34(36,37)38)28-10-3-1-8-26(28)27-9-2-4-11-29(27)33/h1-4,8-15,22H,5-7,16-21,23H2,(H,39,43). The van der Waals surface area contributed by atoms with Gasteiger partial charge in [-0.15, -0.1) is 0 Å². The van der Waals surface area contributed by atoms with Gasteiger partial charge in [0.2, 0.25) is 5.91 Å². The fraction of sp³-hybridized carbons (Fsp3) is 0.353. The number of unbranched alkanes of at least 4 members (excludes halogenated alkanes) is 1. The molecule has 0 unspecified atom stereocenters. The molecule has 0 spiro atoms. The van der Waals surface area contributed by atoms with E-state index in [0.717, 1.165) is 84.5 Å². The second kappa shape index (κ2) is 12.2. The van der Waals surface area contributed by atoms with E-state index in [0.29, 0.717) is 17.9 Å². The van der Waals surface area contributed by atoms with Crippen molar-refractivity contribution in [2.45, 2.75) is 37.3 Å². The van der Waals surface area contributed by atoms with E-state index in [1.54, 1.807) is 0 Å². The maximum Gasteiger partial charge on any atom is 0.405 e. The number of pyridine rings is 1.